The molecule has 1 aromatic rings. The molecule has 3 fully saturated rings. The van der Waals surface area contributed by atoms with Crippen LogP contribution in [0.25, 0.3) is 0 Å². The average molecular weight is 443 g/mol. The largest absolute Gasteiger partial charge is 0.350 e. The zero-order valence-electron chi connectivity index (χ0n) is 16.3. The lowest BCUT2D eigenvalue weighted by Crippen LogP contribution is -2.47. The second-order valence-corrected chi connectivity index (χ2v) is 10.3. The standard InChI is InChI=1S/C20H27ClN2O5S/c21-17-1-3-18(4-2-17)29(25,26)23-11-7-15(8-12-23)19(24)22-9-5-16(6-10-22)20-27-13-14-28-20/h1-4,15-16,20H,5-14H2. The third-order valence-electron chi connectivity index (χ3n) is 6.14. The number of ether oxygens (including phenoxy) is 2. The van der Waals surface area contributed by atoms with Gasteiger partial charge in [-0.05, 0) is 49.9 Å². The van der Waals surface area contributed by atoms with Crippen molar-refractivity contribution in [3.05, 3.63) is 29.3 Å². The lowest BCUT2D eigenvalue weighted by Gasteiger charge is -2.37. The van der Waals surface area contributed by atoms with Gasteiger partial charge in [0, 0.05) is 43.0 Å². The van der Waals surface area contributed by atoms with E-state index in [0.717, 1.165) is 25.9 Å². The van der Waals surface area contributed by atoms with Gasteiger partial charge in [-0.25, -0.2) is 8.42 Å². The number of nitrogens with zero attached hydrogens (tertiary/aromatic N) is 2. The fourth-order valence-corrected chi connectivity index (χ4v) is 5.99. The number of sulfonamides is 1. The summed E-state index contributed by atoms with van der Waals surface area (Å²) in [7, 11) is -3.55. The summed E-state index contributed by atoms with van der Waals surface area (Å²) in [4.78, 5) is 15.1. The predicted molar refractivity (Wildman–Crippen MR) is 108 cm³/mol. The van der Waals surface area contributed by atoms with Crippen molar-refractivity contribution in [1.29, 1.82) is 0 Å². The maximum absolute atomic E-state index is 12.9. The number of halogens is 1. The minimum absolute atomic E-state index is 0.109. The number of hydrogen-bond acceptors (Lipinski definition) is 5. The second-order valence-electron chi connectivity index (χ2n) is 7.90. The maximum Gasteiger partial charge on any atom is 0.243 e. The number of benzene rings is 1. The van der Waals surface area contributed by atoms with Gasteiger partial charge in [0.15, 0.2) is 6.29 Å². The molecule has 1 amide bonds. The van der Waals surface area contributed by atoms with E-state index in [-0.39, 0.29) is 23.0 Å². The third-order valence-corrected chi connectivity index (χ3v) is 8.30. The van der Waals surface area contributed by atoms with Crippen molar-refractivity contribution in [2.75, 3.05) is 39.4 Å². The number of amides is 1. The summed E-state index contributed by atoms with van der Waals surface area (Å²) in [6.45, 7) is 3.47. The summed E-state index contributed by atoms with van der Waals surface area (Å²) >= 11 is 5.86. The van der Waals surface area contributed by atoms with E-state index in [9.17, 15) is 13.2 Å². The number of hydrogen-bond donors (Lipinski definition) is 0. The fraction of sp³-hybridized carbons (Fsp3) is 0.650. The number of carbonyl (C=O) groups is 1. The molecule has 29 heavy (non-hydrogen) atoms. The second kappa shape index (κ2) is 8.89. The molecule has 7 nitrogen and oxygen atoms in total. The van der Waals surface area contributed by atoms with Gasteiger partial charge >= 0.3 is 0 Å². The highest BCUT2D eigenvalue weighted by molar-refractivity contribution is 7.89. The molecule has 3 heterocycles. The molecule has 0 aliphatic carbocycles. The Morgan fingerprint density at radius 2 is 1.52 bits per heavy atom. The van der Waals surface area contributed by atoms with E-state index < -0.39 is 10.0 Å². The van der Waals surface area contributed by atoms with Crippen LogP contribution >= 0.6 is 11.6 Å². The van der Waals surface area contributed by atoms with Gasteiger partial charge in [-0.1, -0.05) is 11.6 Å². The number of carbonyl (C=O) groups excluding carboxylic acids is 1. The highest BCUT2D eigenvalue weighted by Gasteiger charge is 2.36. The molecule has 0 radical (unpaired) electrons. The Labute approximate surface area is 176 Å². The molecule has 3 aliphatic heterocycles. The zero-order valence-corrected chi connectivity index (χ0v) is 17.9. The van der Waals surface area contributed by atoms with Crippen LogP contribution in [0.4, 0.5) is 0 Å². The minimum atomic E-state index is -3.55. The van der Waals surface area contributed by atoms with Crippen molar-refractivity contribution in [3.8, 4) is 0 Å². The molecule has 1 aromatic carbocycles. The summed E-state index contributed by atoms with van der Waals surface area (Å²) < 4.78 is 38.3. The summed E-state index contributed by atoms with van der Waals surface area (Å²) in [5.41, 5.74) is 0. The van der Waals surface area contributed by atoms with E-state index in [0.29, 0.717) is 50.1 Å². The SMILES string of the molecule is O=C(C1CCN(S(=O)(=O)c2ccc(Cl)cc2)CC1)N1CCC(C2OCCO2)CC1. The molecule has 0 atom stereocenters. The molecular formula is C20H27ClN2O5S. The zero-order chi connectivity index (χ0) is 20.4. The molecule has 3 saturated heterocycles. The number of piperidine rings is 2. The van der Waals surface area contributed by atoms with Crippen LogP contribution in [0, 0.1) is 11.8 Å². The van der Waals surface area contributed by atoms with E-state index in [2.05, 4.69) is 0 Å². The molecule has 9 heteroatoms. The van der Waals surface area contributed by atoms with E-state index in [1.807, 2.05) is 4.90 Å². The first kappa shape index (κ1) is 21.1. The average Bonchev–Trinajstić information content (AvgIpc) is 3.29. The van der Waals surface area contributed by atoms with Crippen LogP contribution in [0.5, 0.6) is 0 Å². The predicted octanol–water partition coefficient (Wildman–Crippen LogP) is 2.35. The normalized spacial score (nSPS) is 23.6. The van der Waals surface area contributed by atoms with E-state index in [4.69, 9.17) is 21.1 Å². The summed E-state index contributed by atoms with van der Waals surface area (Å²) in [5, 5.41) is 0.503. The molecule has 4 rings (SSSR count). The molecule has 3 aliphatic rings. The van der Waals surface area contributed by atoms with Gasteiger partial charge < -0.3 is 14.4 Å². The van der Waals surface area contributed by atoms with Crippen molar-refractivity contribution in [3.63, 3.8) is 0 Å². The topological polar surface area (TPSA) is 76.2 Å². The Morgan fingerprint density at radius 3 is 2.10 bits per heavy atom. The number of rotatable bonds is 4. The Kier molecular flexibility index (Phi) is 6.46. The quantitative estimate of drug-likeness (QED) is 0.715. The lowest BCUT2D eigenvalue weighted by atomic mass is 9.92. The summed E-state index contributed by atoms with van der Waals surface area (Å²) in [5.74, 6) is 0.398. The highest BCUT2D eigenvalue weighted by atomic mass is 35.5. The monoisotopic (exact) mass is 442 g/mol. The van der Waals surface area contributed by atoms with Gasteiger partial charge in [-0.15, -0.1) is 0 Å². The van der Waals surface area contributed by atoms with Crippen LogP contribution in [0.1, 0.15) is 25.7 Å². The van der Waals surface area contributed by atoms with Gasteiger partial charge in [0.1, 0.15) is 0 Å². The van der Waals surface area contributed by atoms with Crippen LogP contribution < -0.4 is 0 Å². The van der Waals surface area contributed by atoms with Crippen molar-refractivity contribution in [2.45, 2.75) is 36.9 Å². The summed E-state index contributed by atoms with van der Waals surface area (Å²) in [6.07, 6.45) is 2.77. The van der Waals surface area contributed by atoms with Crippen molar-refractivity contribution in [1.82, 2.24) is 9.21 Å². The Hall–Kier alpha value is -1.19. The third kappa shape index (κ3) is 4.61. The van der Waals surface area contributed by atoms with E-state index in [1.165, 1.54) is 16.4 Å². The maximum atomic E-state index is 12.9. The van der Waals surface area contributed by atoms with Crippen LogP contribution in [-0.4, -0.2) is 69.2 Å². The lowest BCUT2D eigenvalue weighted by molar-refractivity contribution is -0.142. The molecule has 0 spiro atoms. The van der Waals surface area contributed by atoms with Gasteiger partial charge in [0.05, 0.1) is 18.1 Å². The first-order valence-electron chi connectivity index (χ1n) is 10.2. The molecule has 160 valence electrons. The van der Waals surface area contributed by atoms with Gasteiger partial charge in [-0.2, -0.15) is 4.31 Å². The first-order chi connectivity index (χ1) is 13.9. The Balaban J connectivity index is 1.29. The van der Waals surface area contributed by atoms with E-state index in [1.54, 1.807) is 12.1 Å². The fourth-order valence-electron chi connectivity index (χ4n) is 4.40. The number of likely N-dealkylation sites (tertiary alicyclic amines) is 1. The Bertz CT molecular complexity index is 810. The first-order valence-corrected chi connectivity index (χ1v) is 12.0. The highest BCUT2D eigenvalue weighted by Crippen LogP contribution is 2.29. The van der Waals surface area contributed by atoms with Gasteiger partial charge in [0.2, 0.25) is 15.9 Å². The molecule has 0 N–H and O–H groups in total. The van der Waals surface area contributed by atoms with Gasteiger partial charge in [0.25, 0.3) is 0 Å². The molecule has 0 bridgehead atoms. The van der Waals surface area contributed by atoms with Crippen molar-refractivity contribution in [2.24, 2.45) is 11.8 Å². The van der Waals surface area contributed by atoms with Gasteiger partial charge in [-0.3, -0.25) is 4.79 Å². The van der Waals surface area contributed by atoms with Crippen LogP contribution in [0.3, 0.4) is 0 Å². The van der Waals surface area contributed by atoms with Crippen molar-refractivity contribution < 1.29 is 22.7 Å². The smallest absolute Gasteiger partial charge is 0.243 e. The Morgan fingerprint density at radius 1 is 0.931 bits per heavy atom. The van der Waals surface area contributed by atoms with Crippen molar-refractivity contribution >= 4 is 27.5 Å². The van der Waals surface area contributed by atoms with Crippen LogP contribution in [-0.2, 0) is 24.3 Å². The summed E-state index contributed by atoms with van der Waals surface area (Å²) in [6, 6.07) is 6.21. The van der Waals surface area contributed by atoms with Crippen LogP contribution in [0.2, 0.25) is 5.02 Å². The van der Waals surface area contributed by atoms with E-state index >= 15 is 0 Å². The minimum Gasteiger partial charge on any atom is -0.350 e. The molecule has 0 unspecified atom stereocenters. The van der Waals surface area contributed by atoms with Crippen LogP contribution in [0.15, 0.2) is 29.2 Å². The molecule has 0 saturated carbocycles. The molecular weight excluding hydrogens is 416 g/mol. The molecule has 0 aromatic heterocycles.